The molecule has 0 unspecified atom stereocenters. The van der Waals surface area contributed by atoms with Crippen LogP contribution in [0, 0.1) is 5.82 Å². The van der Waals surface area contributed by atoms with Gasteiger partial charge in [-0.2, -0.15) is 0 Å². The van der Waals surface area contributed by atoms with Gasteiger partial charge in [0.15, 0.2) is 0 Å². The van der Waals surface area contributed by atoms with E-state index in [2.05, 4.69) is 0 Å². The summed E-state index contributed by atoms with van der Waals surface area (Å²) in [5.74, 6) is -0.469. The van der Waals surface area contributed by atoms with Crippen LogP contribution >= 0.6 is 0 Å². The third-order valence-electron chi connectivity index (χ3n) is 4.46. The summed E-state index contributed by atoms with van der Waals surface area (Å²) in [6.45, 7) is 0.730. The van der Waals surface area contributed by atoms with E-state index in [-0.39, 0.29) is 30.9 Å². The number of aliphatic hydroxyl groups is 1. The summed E-state index contributed by atoms with van der Waals surface area (Å²) in [5.41, 5.74) is 1.99. The summed E-state index contributed by atoms with van der Waals surface area (Å²) < 4.78 is 18.6. The number of carbonyl (C=O) groups excluding carboxylic acids is 1. The highest BCUT2D eigenvalue weighted by Gasteiger charge is 2.35. The third-order valence-corrected chi connectivity index (χ3v) is 4.46. The Labute approximate surface area is 146 Å². The van der Waals surface area contributed by atoms with Gasteiger partial charge in [0.2, 0.25) is 5.91 Å². The van der Waals surface area contributed by atoms with Crippen molar-refractivity contribution in [2.45, 2.75) is 25.0 Å². The average Bonchev–Trinajstić information content (AvgIpc) is 3.02. The van der Waals surface area contributed by atoms with Crippen molar-refractivity contribution < 1.29 is 19.0 Å². The Morgan fingerprint density at radius 1 is 1.16 bits per heavy atom. The second kappa shape index (κ2) is 8.23. The van der Waals surface area contributed by atoms with Gasteiger partial charge in [-0.15, -0.1) is 0 Å². The molecule has 2 aromatic rings. The molecule has 0 aromatic heterocycles. The molecule has 0 bridgehead atoms. The summed E-state index contributed by atoms with van der Waals surface area (Å²) in [6.07, 6.45) is 0.641. The molecule has 5 heteroatoms. The first-order chi connectivity index (χ1) is 12.1. The number of likely N-dealkylation sites (tertiary alicyclic amines) is 1. The van der Waals surface area contributed by atoms with E-state index in [0.29, 0.717) is 13.0 Å². The molecule has 1 fully saturated rings. The van der Waals surface area contributed by atoms with Crippen molar-refractivity contribution in [2.75, 3.05) is 19.8 Å². The van der Waals surface area contributed by atoms with Crippen LogP contribution in [0.15, 0.2) is 54.6 Å². The standard InChI is InChI=1S/C20H22FNO3/c21-17-8-6-16(7-9-17)19-12-18(23)13-22(19)20(24)14-25-11-10-15-4-2-1-3-5-15/h1-9,18-19,23H,10-14H2/t18-,19-/m1/s1. The van der Waals surface area contributed by atoms with E-state index in [9.17, 15) is 14.3 Å². The molecule has 2 aromatic carbocycles. The van der Waals surface area contributed by atoms with E-state index in [1.807, 2.05) is 30.3 Å². The monoisotopic (exact) mass is 343 g/mol. The Morgan fingerprint density at radius 2 is 1.88 bits per heavy atom. The number of halogens is 1. The van der Waals surface area contributed by atoms with Crippen LogP contribution in [0.1, 0.15) is 23.6 Å². The summed E-state index contributed by atoms with van der Waals surface area (Å²) in [5, 5.41) is 9.95. The van der Waals surface area contributed by atoms with Gasteiger partial charge in [0.05, 0.1) is 18.8 Å². The molecule has 1 amide bonds. The summed E-state index contributed by atoms with van der Waals surface area (Å²) in [7, 11) is 0. The van der Waals surface area contributed by atoms with Crippen molar-refractivity contribution in [1.82, 2.24) is 4.90 Å². The highest BCUT2D eigenvalue weighted by Crippen LogP contribution is 2.32. The van der Waals surface area contributed by atoms with Gasteiger partial charge in [-0.25, -0.2) is 4.39 Å². The number of aliphatic hydroxyl groups excluding tert-OH is 1. The molecular weight excluding hydrogens is 321 g/mol. The number of β-amino-alcohol motifs (C(OH)–C–C–N with tert-alkyl or cyclic N) is 1. The largest absolute Gasteiger partial charge is 0.391 e. The summed E-state index contributed by atoms with van der Waals surface area (Å²) in [4.78, 5) is 14.1. The second-order valence-corrected chi connectivity index (χ2v) is 6.29. The molecule has 0 saturated carbocycles. The molecule has 4 nitrogen and oxygen atoms in total. The Balaban J connectivity index is 1.53. The van der Waals surface area contributed by atoms with Crippen LogP contribution in [0.2, 0.25) is 0 Å². The zero-order valence-electron chi connectivity index (χ0n) is 14.0. The SMILES string of the molecule is O=C(COCCc1ccccc1)N1C[C@H](O)C[C@@H]1c1ccc(F)cc1. The fraction of sp³-hybridized carbons (Fsp3) is 0.350. The van der Waals surface area contributed by atoms with E-state index >= 15 is 0 Å². The molecule has 132 valence electrons. The molecule has 0 radical (unpaired) electrons. The minimum Gasteiger partial charge on any atom is -0.391 e. The maximum absolute atomic E-state index is 13.1. The average molecular weight is 343 g/mol. The van der Waals surface area contributed by atoms with Gasteiger partial charge in [-0.05, 0) is 36.1 Å². The first-order valence-electron chi connectivity index (χ1n) is 8.48. The molecule has 1 aliphatic rings. The molecule has 1 saturated heterocycles. The van der Waals surface area contributed by atoms with Gasteiger partial charge >= 0.3 is 0 Å². The molecule has 25 heavy (non-hydrogen) atoms. The predicted molar refractivity (Wildman–Crippen MR) is 92.4 cm³/mol. The van der Waals surface area contributed by atoms with Crippen LogP contribution in [-0.4, -0.2) is 41.8 Å². The number of rotatable bonds is 6. The van der Waals surface area contributed by atoms with Gasteiger partial charge in [-0.1, -0.05) is 42.5 Å². The van der Waals surface area contributed by atoms with Crippen LogP contribution in [-0.2, 0) is 16.0 Å². The third kappa shape index (κ3) is 4.65. The topological polar surface area (TPSA) is 49.8 Å². The minimum atomic E-state index is -0.566. The minimum absolute atomic E-state index is 0.0166. The number of amides is 1. The summed E-state index contributed by atoms with van der Waals surface area (Å²) in [6, 6.07) is 15.8. The molecular formula is C20H22FNO3. The smallest absolute Gasteiger partial charge is 0.249 e. The van der Waals surface area contributed by atoms with Crippen molar-refractivity contribution in [3.05, 3.63) is 71.5 Å². The highest BCUT2D eigenvalue weighted by molar-refractivity contribution is 5.78. The number of hydrogen-bond acceptors (Lipinski definition) is 3. The van der Waals surface area contributed by atoms with Crippen molar-refractivity contribution in [3.8, 4) is 0 Å². The molecule has 3 rings (SSSR count). The molecule has 1 heterocycles. The number of carbonyl (C=O) groups is 1. The first-order valence-corrected chi connectivity index (χ1v) is 8.48. The number of benzene rings is 2. The fourth-order valence-corrected chi connectivity index (χ4v) is 3.17. The first kappa shape index (κ1) is 17.6. The molecule has 0 spiro atoms. The van der Waals surface area contributed by atoms with Crippen molar-refractivity contribution in [3.63, 3.8) is 0 Å². The Morgan fingerprint density at radius 3 is 2.60 bits per heavy atom. The predicted octanol–water partition coefficient (Wildman–Crippen LogP) is 2.72. The van der Waals surface area contributed by atoms with Gasteiger partial charge < -0.3 is 14.7 Å². The fourth-order valence-electron chi connectivity index (χ4n) is 3.17. The van der Waals surface area contributed by atoms with Crippen molar-refractivity contribution >= 4 is 5.91 Å². The van der Waals surface area contributed by atoms with Crippen LogP contribution in [0.4, 0.5) is 4.39 Å². The van der Waals surface area contributed by atoms with E-state index in [1.54, 1.807) is 17.0 Å². The lowest BCUT2D eigenvalue weighted by molar-refractivity contribution is -0.137. The Bertz CT molecular complexity index is 690. The number of hydrogen-bond donors (Lipinski definition) is 1. The second-order valence-electron chi connectivity index (χ2n) is 6.29. The zero-order valence-corrected chi connectivity index (χ0v) is 14.0. The quantitative estimate of drug-likeness (QED) is 0.821. The maximum atomic E-state index is 13.1. The Kier molecular flexibility index (Phi) is 5.79. The molecule has 1 aliphatic heterocycles. The van der Waals surface area contributed by atoms with Crippen LogP contribution in [0.25, 0.3) is 0 Å². The maximum Gasteiger partial charge on any atom is 0.249 e. The number of nitrogens with zero attached hydrogens (tertiary/aromatic N) is 1. The van der Waals surface area contributed by atoms with Gasteiger partial charge in [0.25, 0.3) is 0 Å². The lowest BCUT2D eigenvalue weighted by Crippen LogP contribution is -2.34. The van der Waals surface area contributed by atoms with Gasteiger partial charge in [0.1, 0.15) is 12.4 Å². The van der Waals surface area contributed by atoms with E-state index < -0.39 is 6.10 Å². The molecule has 2 atom stereocenters. The lowest BCUT2D eigenvalue weighted by atomic mass is 10.0. The normalized spacial score (nSPS) is 20.0. The highest BCUT2D eigenvalue weighted by atomic mass is 19.1. The van der Waals surface area contributed by atoms with Crippen LogP contribution in [0.5, 0.6) is 0 Å². The van der Waals surface area contributed by atoms with E-state index in [1.165, 1.54) is 12.1 Å². The van der Waals surface area contributed by atoms with Crippen LogP contribution < -0.4 is 0 Å². The van der Waals surface area contributed by atoms with Crippen molar-refractivity contribution in [2.24, 2.45) is 0 Å². The van der Waals surface area contributed by atoms with Gasteiger partial charge in [-0.3, -0.25) is 4.79 Å². The molecule has 1 N–H and O–H groups in total. The molecule has 0 aliphatic carbocycles. The lowest BCUT2D eigenvalue weighted by Gasteiger charge is -2.24. The number of ether oxygens (including phenoxy) is 1. The van der Waals surface area contributed by atoms with E-state index in [4.69, 9.17) is 4.74 Å². The van der Waals surface area contributed by atoms with Crippen molar-refractivity contribution in [1.29, 1.82) is 0 Å². The Hall–Kier alpha value is -2.24. The summed E-state index contributed by atoms with van der Waals surface area (Å²) >= 11 is 0. The van der Waals surface area contributed by atoms with Gasteiger partial charge in [0, 0.05) is 6.54 Å². The van der Waals surface area contributed by atoms with E-state index in [0.717, 1.165) is 17.5 Å². The zero-order chi connectivity index (χ0) is 17.6. The van der Waals surface area contributed by atoms with Crippen LogP contribution in [0.3, 0.4) is 0 Å².